The van der Waals surface area contributed by atoms with E-state index in [4.69, 9.17) is 4.74 Å². The highest BCUT2D eigenvalue weighted by Gasteiger charge is 2.20. The molecule has 0 amide bonds. The predicted molar refractivity (Wildman–Crippen MR) is 137 cm³/mol. The van der Waals surface area contributed by atoms with Crippen LogP contribution >= 0.6 is 0 Å². The summed E-state index contributed by atoms with van der Waals surface area (Å²) in [6.45, 7) is 3.54. The number of nitrogens with zero attached hydrogens (tertiary/aromatic N) is 4. The first kappa shape index (κ1) is 22.1. The molecule has 0 unspecified atom stereocenters. The van der Waals surface area contributed by atoms with Crippen molar-refractivity contribution in [3.63, 3.8) is 0 Å². The van der Waals surface area contributed by atoms with Crippen LogP contribution < -0.4 is 5.32 Å². The summed E-state index contributed by atoms with van der Waals surface area (Å²) >= 11 is 0. The van der Waals surface area contributed by atoms with Crippen molar-refractivity contribution in [1.29, 1.82) is 0 Å². The van der Waals surface area contributed by atoms with E-state index in [1.807, 2.05) is 49.4 Å². The molecule has 0 radical (unpaired) electrons. The molecule has 5 aromatic rings. The minimum Gasteiger partial charge on any atom is -0.457 e. The summed E-state index contributed by atoms with van der Waals surface area (Å²) in [5.41, 5.74) is 7.38. The van der Waals surface area contributed by atoms with Crippen molar-refractivity contribution in [2.24, 2.45) is 0 Å². The summed E-state index contributed by atoms with van der Waals surface area (Å²) < 4.78 is 5.53. The van der Waals surface area contributed by atoms with Gasteiger partial charge in [0.2, 0.25) is 0 Å². The van der Waals surface area contributed by atoms with E-state index in [0.717, 1.165) is 63.5 Å². The third-order valence-corrected chi connectivity index (χ3v) is 6.32. The fourth-order valence-corrected chi connectivity index (χ4v) is 4.44. The van der Waals surface area contributed by atoms with Gasteiger partial charge in [-0.3, -0.25) is 15.0 Å². The predicted octanol–water partition coefficient (Wildman–Crippen LogP) is 4.58. The molecule has 0 bridgehead atoms. The molecular weight excluding hydrogens is 452 g/mol. The Bertz CT molecular complexity index is 1550. The maximum absolute atomic E-state index is 12.4. The number of fused-ring (bicyclic) bond motifs is 1. The van der Waals surface area contributed by atoms with Gasteiger partial charge < -0.3 is 15.0 Å². The minimum absolute atomic E-state index is 0.0761. The smallest absolute Gasteiger partial charge is 0.340 e. The van der Waals surface area contributed by atoms with Crippen LogP contribution in [0.4, 0.5) is 0 Å². The molecule has 1 saturated heterocycles. The number of H-pyrrole nitrogens is 1. The number of aromatic nitrogens is 5. The molecule has 5 heterocycles. The quantitative estimate of drug-likeness (QED) is 0.358. The van der Waals surface area contributed by atoms with E-state index in [1.54, 1.807) is 24.8 Å². The monoisotopic (exact) mass is 476 g/mol. The lowest BCUT2D eigenvalue weighted by Crippen LogP contribution is -2.20. The van der Waals surface area contributed by atoms with E-state index in [2.05, 4.69) is 36.3 Å². The van der Waals surface area contributed by atoms with Crippen LogP contribution in [0.3, 0.4) is 0 Å². The molecule has 178 valence electrons. The average molecular weight is 477 g/mol. The van der Waals surface area contributed by atoms with Crippen molar-refractivity contribution in [3.8, 4) is 33.9 Å². The van der Waals surface area contributed by atoms with Gasteiger partial charge in [0.15, 0.2) is 0 Å². The molecule has 1 atom stereocenters. The summed E-state index contributed by atoms with van der Waals surface area (Å²) in [6, 6.07) is 17.6. The fourth-order valence-electron chi connectivity index (χ4n) is 4.44. The van der Waals surface area contributed by atoms with Crippen LogP contribution in [-0.2, 0) is 4.74 Å². The molecule has 8 heteroatoms. The van der Waals surface area contributed by atoms with Crippen molar-refractivity contribution < 1.29 is 9.53 Å². The van der Waals surface area contributed by atoms with Gasteiger partial charge in [-0.05, 0) is 62.4 Å². The SMILES string of the molecule is Cc1cccc(-c2[nH]cnc2-c2ccc3ncc(-c4ccc(C(=O)O[C@@H]5CCNC5)cn4)cc3c2)n1. The average Bonchev–Trinajstić information content (AvgIpc) is 3.61. The largest absolute Gasteiger partial charge is 0.457 e. The van der Waals surface area contributed by atoms with Gasteiger partial charge in [-0.2, -0.15) is 0 Å². The van der Waals surface area contributed by atoms with Crippen LogP contribution in [-0.4, -0.2) is 50.1 Å². The Morgan fingerprint density at radius 2 is 1.89 bits per heavy atom. The molecule has 2 N–H and O–H groups in total. The van der Waals surface area contributed by atoms with E-state index in [-0.39, 0.29) is 12.1 Å². The first-order valence-electron chi connectivity index (χ1n) is 11.9. The molecule has 1 aliphatic rings. The summed E-state index contributed by atoms with van der Waals surface area (Å²) in [4.78, 5) is 34.0. The van der Waals surface area contributed by atoms with Crippen molar-refractivity contribution in [3.05, 3.63) is 84.6 Å². The number of esters is 1. The maximum Gasteiger partial charge on any atom is 0.340 e. The Balaban J connectivity index is 1.29. The summed E-state index contributed by atoms with van der Waals surface area (Å²) in [7, 11) is 0. The Morgan fingerprint density at radius 1 is 0.972 bits per heavy atom. The van der Waals surface area contributed by atoms with Gasteiger partial charge in [-0.1, -0.05) is 12.1 Å². The molecule has 1 aliphatic heterocycles. The van der Waals surface area contributed by atoms with Gasteiger partial charge >= 0.3 is 5.97 Å². The Labute approximate surface area is 207 Å². The van der Waals surface area contributed by atoms with Crippen LogP contribution in [0.15, 0.2) is 73.3 Å². The third-order valence-electron chi connectivity index (χ3n) is 6.32. The first-order chi connectivity index (χ1) is 17.6. The highest BCUT2D eigenvalue weighted by molar-refractivity contribution is 5.91. The second kappa shape index (κ2) is 9.31. The Morgan fingerprint density at radius 3 is 2.69 bits per heavy atom. The lowest BCUT2D eigenvalue weighted by molar-refractivity contribution is 0.0344. The van der Waals surface area contributed by atoms with E-state index < -0.39 is 0 Å². The molecule has 0 saturated carbocycles. The molecule has 1 aromatic carbocycles. The zero-order valence-corrected chi connectivity index (χ0v) is 19.7. The number of aromatic amines is 1. The number of hydrogen-bond acceptors (Lipinski definition) is 7. The van der Waals surface area contributed by atoms with Gasteiger partial charge in [0.25, 0.3) is 0 Å². The number of carbonyl (C=O) groups is 1. The van der Waals surface area contributed by atoms with E-state index in [1.165, 1.54) is 0 Å². The van der Waals surface area contributed by atoms with E-state index in [0.29, 0.717) is 12.1 Å². The number of carbonyl (C=O) groups excluding carboxylic acids is 1. The van der Waals surface area contributed by atoms with Crippen molar-refractivity contribution >= 4 is 16.9 Å². The molecule has 4 aromatic heterocycles. The molecule has 0 aliphatic carbocycles. The van der Waals surface area contributed by atoms with Gasteiger partial charge in [0, 0.05) is 41.1 Å². The molecule has 6 rings (SSSR count). The zero-order chi connectivity index (χ0) is 24.5. The molecule has 0 spiro atoms. The van der Waals surface area contributed by atoms with Gasteiger partial charge in [-0.15, -0.1) is 0 Å². The lowest BCUT2D eigenvalue weighted by Gasteiger charge is -2.11. The number of benzene rings is 1. The number of aryl methyl sites for hydroxylation is 1. The van der Waals surface area contributed by atoms with E-state index >= 15 is 0 Å². The number of nitrogens with one attached hydrogen (secondary N) is 2. The van der Waals surface area contributed by atoms with Gasteiger partial charge in [0.1, 0.15) is 6.10 Å². The highest BCUT2D eigenvalue weighted by Crippen LogP contribution is 2.31. The second-order valence-electron chi connectivity index (χ2n) is 8.87. The fraction of sp³-hybridized carbons (Fsp3) is 0.179. The van der Waals surface area contributed by atoms with Crippen molar-refractivity contribution in [1.82, 2.24) is 30.2 Å². The molecule has 1 fully saturated rings. The summed E-state index contributed by atoms with van der Waals surface area (Å²) in [5, 5.41) is 4.16. The number of rotatable bonds is 5. The minimum atomic E-state index is -0.345. The maximum atomic E-state index is 12.4. The van der Waals surface area contributed by atoms with E-state index in [9.17, 15) is 4.79 Å². The first-order valence-corrected chi connectivity index (χ1v) is 11.9. The summed E-state index contributed by atoms with van der Waals surface area (Å²) in [5.74, 6) is -0.345. The zero-order valence-electron chi connectivity index (χ0n) is 19.7. The van der Waals surface area contributed by atoms with Crippen LogP contribution in [0.2, 0.25) is 0 Å². The number of pyridine rings is 3. The summed E-state index contributed by atoms with van der Waals surface area (Å²) in [6.07, 6.45) is 5.80. The topological polar surface area (TPSA) is 106 Å². The number of hydrogen-bond donors (Lipinski definition) is 2. The van der Waals surface area contributed by atoms with Gasteiger partial charge in [0.05, 0.1) is 40.2 Å². The van der Waals surface area contributed by atoms with Crippen molar-refractivity contribution in [2.75, 3.05) is 13.1 Å². The van der Waals surface area contributed by atoms with Crippen LogP contribution in [0, 0.1) is 6.92 Å². The number of ether oxygens (including phenoxy) is 1. The number of imidazole rings is 1. The molecule has 36 heavy (non-hydrogen) atoms. The van der Waals surface area contributed by atoms with Crippen molar-refractivity contribution in [2.45, 2.75) is 19.4 Å². The normalized spacial score (nSPS) is 15.3. The highest BCUT2D eigenvalue weighted by atomic mass is 16.5. The van der Waals surface area contributed by atoms with Crippen LogP contribution in [0.25, 0.3) is 44.8 Å². The van der Waals surface area contributed by atoms with Crippen LogP contribution in [0.1, 0.15) is 22.5 Å². The van der Waals surface area contributed by atoms with Gasteiger partial charge in [-0.25, -0.2) is 9.78 Å². The Hall–Kier alpha value is -4.43. The lowest BCUT2D eigenvalue weighted by atomic mass is 10.0. The third kappa shape index (κ3) is 4.34. The Kier molecular flexibility index (Phi) is 5.71. The standard InChI is InChI=1S/C28H24N6O2/c1-17-3-2-4-25(34-17)27-26(32-16-33-27)18-5-7-23-20(11-18)12-21(14-31-23)24-8-6-19(13-30-24)28(35)36-22-9-10-29-15-22/h2-8,11-14,16,22,29H,9-10,15H2,1H3,(H,32,33)/t22-/m1/s1. The van der Waals surface area contributed by atoms with Crippen LogP contribution in [0.5, 0.6) is 0 Å². The second-order valence-corrected chi connectivity index (χ2v) is 8.87. The molecule has 8 nitrogen and oxygen atoms in total. The molecular formula is C28H24N6O2.